The van der Waals surface area contributed by atoms with E-state index in [2.05, 4.69) is 15.2 Å². The maximum atomic E-state index is 12.6. The summed E-state index contributed by atoms with van der Waals surface area (Å²) in [6.07, 6.45) is 6.54. The van der Waals surface area contributed by atoms with E-state index < -0.39 is 0 Å². The van der Waals surface area contributed by atoms with Crippen molar-refractivity contribution in [1.82, 2.24) is 15.3 Å². The Kier molecular flexibility index (Phi) is 5.10. The molecule has 1 aromatic heterocycles. The molecule has 1 N–H and O–H groups in total. The number of piperidine rings is 1. The number of rotatable bonds is 3. The Balaban J connectivity index is 1.42. The van der Waals surface area contributed by atoms with Crippen LogP contribution >= 0.6 is 0 Å². The number of aryl methyl sites for hydroxylation is 3. The van der Waals surface area contributed by atoms with Gasteiger partial charge in [0.2, 0.25) is 0 Å². The zero-order chi connectivity index (χ0) is 18.8. The van der Waals surface area contributed by atoms with Crippen molar-refractivity contribution < 1.29 is 4.79 Å². The van der Waals surface area contributed by atoms with Gasteiger partial charge in [0, 0.05) is 36.0 Å². The second kappa shape index (κ2) is 7.67. The van der Waals surface area contributed by atoms with Crippen molar-refractivity contribution in [3.05, 3.63) is 52.5 Å². The summed E-state index contributed by atoms with van der Waals surface area (Å²) in [6, 6.07) is 8.00. The molecule has 5 nitrogen and oxygen atoms in total. The molecule has 0 radical (unpaired) electrons. The number of hydrogen-bond acceptors (Lipinski definition) is 4. The number of nitrogens with zero attached hydrogens (tertiary/aromatic N) is 3. The number of anilines is 1. The van der Waals surface area contributed by atoms with E-state index in [1.165, 1.54) is 24.1 Å². The van der Waals surface area contributed by atoms with Gasteiger partial charge in [-0.2, -0.15) is 0 Å². The molecule has 5 heteroatoms. The summed E-state index contributed by atoms with van der Waals surface area (Å²) in [7, 11) is 0. The first kappa shape index (κ1) is 18.0. The SMILES string of the molecule is Cc1nc2c(c(N3CCC(NC(=O)c4ccccc4C)CC3)n1)CCCC2. The highest BCUT2D eigenvalue weighted by Gasteiger charge is 2.26. The summed E-state index contributed by atoms with van der Waals surface area (Å²) in [5.74, 6) is 2.06. The van der Waals surface area contributed by atoms with Gasteiger partial charge in [-0.05, 0) is 64.0 Å². The third-order valence-corrected chi connectivity index (χ3v) is 5.79. The maximum absolute atomic E-state index is 12.6. The van der Waals surface area contributed by atoms with Crippen molar-refractivity contribution in [3.8, 4) is 0 Å². The lowest BCUT2D eigenvalue weighted by Crippen LogP contribution is -2.45. The maximum Gasteiger partial charge on any atom is 0.251 e. The van der Waals surface area contributed by atoms with Gasteiger partial charge in [-0.15, -0.1) is 0 Å². The molecule has 1 fully saturated rings. The van der Waals surface area contributed by atoms with Crippen LogP contribution in [0.3, 0.4) is 0 Å². The number of amides is 1. The predicted octanol–water partition coefficient (Wildman–Crippen LogP) is 3.37. The van der Waals surface area contributed by atoms with Crippen molar-refractivity contribution in [3.63, 3.8) is 0 Å². The standard InChI is InChI=1S/C22H28N4O/c1-15-7-3-4-8-18(15)22(27)25-17-11-13-26(14-12-17)21-19-9-5-6-10-20(19)23-16(2)24-21/h3-4,7-8,17H,5-6,9-14H2,1-2H3,(H,25,27). The fourth-order valence-electron chi connectivity index (χ4n) is 4.28. The van der Waals surface area contributed by atoms with E-state index in [1.54, 1.807) is 0 Å². The smallest absolute Gasteiger partial charge is 0.251 e. The average Bonchev–Trinajstić information content (AvgIpc) is 2.68. The Morgan fingerprint density at radius 2 is 1.81 bits per heavy atom. The molecule has 1 aromatic carbocycles. The molecular weight excluding hydrogens is 336 g/mol. The number of aromatic nitrogens is 2. The van der Waals surface area contributed by atoms with Crippen LogP contribution in [0.15, 0.2) is 24.3 Å². The Morgan fingerprint density at radius 1 is 1.07 bits per heavy atom. The largest absolute Gasteiger partial charge is 0.356 e. The van der Waals surface area contributed by atoms with Gasteiger partial charge in [-0.25, -0.2) is 9.97 Å². The first-order valence-corrected chi connectivity index (χ1v) is 10.1. The first-order valence-electron chi connectivity index (χ1n) is 10.1. The summed E-state index contributed by atoms with van der Waals surface area (Å²) in [4.78, 5) is 24.4. The molecule has 1 amide bonds. The highest BCUT2D eigenvalue weighted by Crippen LogP contribution is 2.29. The van der Waals surface area contributed by atoms with Crippen molar-refractivity contribution in [1.29, 1.82) is 0 Å². The molecule has 0 bridgehead atoms. The fraction of sp³-hybridized carbons (Fsp3) is 0.500. The van der Waals surface area contributed by atoms with Gasteiger partial charge in [0.1, 0.15) is 11.6 Å². The van der Waals surface area contributed by atoms with Gasteiger partial charge in [0.25, 0.3) is 5.91 Å². The molecule has 2 aliphatic rings. The minimum absolute atomic E-state index is 0.0433. The molecule has 1 aliphatic heterocycles. The number of nitrogens with one attached hydrogen (secondary N) is 1. The van der Waals surface area contributed by atoms with Crippen LogP contribution in [0.4, 0.5) is 5.82 Å². The Labute approximate surface area is 161 Å². The van der Waals surface area contributed by atoms with Crippen LogP contribution in [-0.4, -0.2) is 35.0 Å². The van der Waals surface area contributed by atoms with E-state index in [9.17, 15) is 4.79 Å². The van der Waals surface area contributed by atoms with E-state index >= 15 is 0 Å². The summed E-state index contributed by atoms with van der Waals surface area (Å²) in [5.41, 5.74) is 4.41. The molecule has 2 heterocycles. The lowest BCUT2D eigenvalue weighted by molar-refractivity contribution is 0.0930. The minimum Gasteiger partial charge on any atom is -0.356 e. The summed E-state index contributed by atoms with van der Waals surface area (Å²) < 4.78 is 0. The normalized spacial score (nSPS) is 17.5. The van der Waals surface area contributed by atoms with Crippen molar-refractivity contribution in [2.24, 2.45) is 0 Å². The van der Waals surface area contributed by atoms with Crippen LogP contribution in [0.2, 0.25) is 0 Å². The second-order valence-electron chi connectivity index (χ2n) is 7.78. The molecule has 0 atom stereocenters. The third-order valence-electron chi connectivity index (χ3n) is 5.79. The first-order chi connectivity index (χ1) is 13.1. The van der Waals surface area contributed by atoms with Gasteiger partial charge in [0.15, 0.2) is 0 Å². The van der Waals surface area contributed by atoms with Crippen LogP contribution in [-0.2, 0) is 12.8 Å². The summed E-state index contributed by atoms with van der Waals surface area (Å²) >= 11 is 0. The van der Waals surface area contributed by atoms with Gasteiger partial charge in [0.05, 0.1) is 0 Å². The van der Waals surface area contributed by atoms with Gasteiger partial charge in [-0.3, -0.25) is 4.79 Å². The van der Waals surface area contributed by atoms with E-state index in [0.29, 0.717) is 0 Å². The van der Waals surface area contributed by atoms with E-state index in [4.69, 9.17) is 4.98 Å². The highest BCUT2D eigenvalue weighted by molar-refractivity contribution is 5.95. The Hall–Kier alpha value is -2.43. The van der Waals surface area contributed by atoms with E-state index in [1.807, 2.05) is 38.1 Å². The zero-order valence-corrected chi connectivity index (χ0v) is 16.3. The van der Waals surface area contributed by atoms with Crippen LogP contribution < -0.4 is 10.2 Å². The van der Waals surface area contributed by atoms with Crippen LogP contribution in [0.1, 0.15) is 58.7 Å². The zero-order valence-electron chi connectivity index (χ0n) is 16.3. The molecule has 0 saturated carbocycles. The molecule has 4 rings (SSSR count). The molecule has 27 heavy (non-hydrogen) atoms. The number of carbonyl (C=O) groups excluding carboxylic acids is 1. The molecule has 1 aliphatic carbocycles. The lowest BCUT2D eigenvalue weighted by atomic mass is 9.95. The lowest BCUT2D eigenvalue weighted by Gasteiger charge is -2.35. The Bertz CT molecular complexity index is 840. The van der Waals surface area contributed by atoms with Crippen LogP contribution in [0.25, 0.3) is 0 Å². The molecule has 142 valence electrons. The van der Waals surface area contributed by atoms with Gasteiger partial charge in [-0.1, -0.05) is 18.2 Å². The fourth-order valence-corrected chi connectivity index (χ4v) is 4.28. The van der Waals surface area contributed by atoms with Crippen molar-refractivity contribution >= 4 is 11.7 Å². The van der Waals surface area contributed by atoms with Crippen molar-refractivity contribution in [2.45, 2.75) is 58.4 Å². The minimum atomic E-state index is 0.0433. The molecule has 1 saturated heterocycles. The predicted molar refractivity (Wildman–Crippen MR) is 107 cm³/mol. The van der Waals surface area contributed by atoms with Crippen LogP contribution in [0.5, 0.6) is 0 Å². The van der Waals surface area contributed by atoms with Gasteiger partial charge >= 0.3 is 0 Å². The summed E-state index contributed by atoms with van der Waals surface area (Å²) in [6.45, 7) is 5.84. The van der Waals surface area contributed by atoms with E-state index in [0.717, 1.165) is 61.5 Å². The van der Waals surface area contributed by atoms with Crippen LogP contribution in [0, 0.1) is 13.8 Å². The second-order valence-corrected chi connectivity index (χ2v) is 7.78. The summed E-state index contributed by atoms with van der Waals surface area (Å²) in [5, 5.41) is 3.22. The van der Waals surface area contributed by atoms with Crippen molar-refractivity contribution in [2.75, 3.05) is 18.0 Å². The molecule has 0 unspecified atom stereocenters. The topological polar surface area (TPSA) is 58.1 Å². The number of hydrogen-bond donors (Lipinski definition) is 1. The molecule has 0 spiro atoms. The highest BCUT2D eigenvalue weighted by atomic mass is 16.1. The Morgan fingerprint density at radius 3 is 2.59 bits per heavy atom. The molecular formula is C22H28N4O. The molecule has 2 aromatic rings. The number of benzene rings is 1. The third kappa shape index (κ3) is 3.82. The average molecular weight is 364 g/mol. The van der Waals surface area contributed by atoms with E-state index in [-0.39, 0.29) is 11.9 Å². The van der Waals surface area contributed by atoms with Gasteiger partial charge < -0.3 is 10.2 Å². The monoisotopic (exact) mass is 364 g/mol. The number of fused-ring (bicyclic) bond motifs is 1. The quantitative estimate of drug-likeness (QED) is 0.907. The number of carbonyl (C=O) groups is 1.